The lowest BCUT2D eigenvalue weighted by atomic mass is 10.2. The van der Waals surface area contributed by atoms with Gasteiger partial charge in [-0.15, -0.1) is 34.4 Å². The highest BCUT2D eigenvalue weighted by Gasteiger charge is 2.16. The van der Waals surface area contributed by atoms with Crippen molar-refractivity contribution in [2.24, 2.45) is 0 Å². The highest BCUT2D eigenvalue weighted by Crippen LogP contribution is 2.34. The van der Waals surface area contributed by atoms with Gasteiger partial charge in [0.2, 0.25) is 0 Å². The third kappa shape index (κ3) is 3.30. The van der Waals surface area contributed by atoms with Crippen molar-refractivity contribution >= 4 is 50.3 Å². The van der Waals surface area contributed by atoms with Crippen LogP contribution >= 0.6 is 34.4 Å². The minimum absolute atomic E-state index is 0.0823. The molecule has 2 N–H and O–H groups in total. The fourth-order valence-electron chi connectivity index (χ4n) is 2.82. The molecule has 3 heterocycles. The van der Waals surface area contributed by atoms with Crippen molar-refractivity contribution in [1.29, 1.82) is 0 Å². The van der Waals surface area contributed by atoms with Gasteiger partial charge in [0.25, 0.3) is 5.56 Å². The summed E-state index contributed by atoms with van der Waals surface area (Å²) in [7, 11) is 0. The van der Waals surface area contributed by atoms with Gasteiger partial charge in [-0.05, 0) is 42.8 Å². The average Bonchev–Trinajstić information content (AvgIpc) is 3.31. The largest absolute Gasteiger partial charge is 0.375 e. The van der Waals surface area contributed by atoms with Gasteiger partial charge in [0.05, 0.1) is 11.4 Å². The number of thiophene rings is 2. The summed E-state index contributed by atoms with van der Waals surface area (Å²) in [5, 5.41) is 8.13. The van der Waals surface area contributed by atoms with Crippen molar-refractivity contribution in [1.82, 2.24) is 9.97 Å². The smallest absolute Gasteiger partial charge is 0.260 e. The second kappa shape index (κ2) is 7.26. The second-order valence-corrected chi connectivity index (χ2v) is 8.54. The lowest BCUT2D eigenvalue weighted by Crippen LogP contribution is -2.17. The molecule has 0 saturated heterocycles. The molecule has 132 valence electrons. The van der Waals surface area contributed by atoms with Crippen molar-refractivity contribution in [2.45, 2.75) is 17.9 Å². The van der Waals surface area contributed by atoms with E-state index >= 15 is 0 Å². The highest BCUT2D eigenvalue weighted by molar-refractivity contribution is 7.98. The number of H-pyrrole nitrogens is 1. The predicted molar refractivity (Wildman–Crippen MR) is 114 cm³/mol. The quantitative estimate of drug-likeness (QED) is 0.428. The van der Waals surface area contributed by atoms with Crippen molar-refractivity contribution in [2.75, 3.05) is 11.6 Å². The maximum Gasteiger partial charge on any atom is 0.260 e. The number of anilines is 1. The van der Waals surface area contributed by atoms with Crippen LogP contribution in [0.1, 0.15) is 18.8 Å². The SMILES string of the molecule is CSc1cccc(N[C@@H](C)c2nc3scc(-c4cccs4)c3c(=O)[nH]2)c1. The van der Waals surface area contributed by atoms with Crippen LogP contribution in [0.25, 0.3) is 20.7 Å². The van der Waals surface area contributed by atoms with Gasteiger partial charge >= 0.3 is 0 Å². The Morgan fingerprint density at radius 1 is 1.23 bits per heavy atom. The van der Waals surface area contributed by atoms with E-state index in [1.54, 1.807) is 23.1 Å². The van der Waals surface area contributed by atoms with Gasteiger partial charge in [0.15, 0.2) is 0 Å². The maximum absolute atomic E-state index is 12.7. The Labute approximate surface area is 163 Å². The fraction of sp³-hybridized carbons (Fsp3) is 0.158. The molecule has 0 fully saturated rings. The van der Waals surface area contributed by atoms with Crippen LogP contribution in [0, 0.1) is 0 Å². The summed E-state index contributed by atoms with van der Waals surface area (Å²) in [4.78, 5) is 23.5. The van der Waals surface area contributed by atoms with Gasteiger partial charge in [0.1, 0.15) is 10.7 Å². The molecule has 1 aromatic carbocycles. The molecule has 0 spiro atoms. The molecular weight excluding hydrogens is 382 g/mol. The summed E-state index contributed by atoms with van der Waals surface area (Å²) in [5.74, 6) is 0.650. The molecule has 4 rings (SSSR count). The van der Waals surface area contributed by atoms with Gasteiger partial charge < -0.3 is 10.3 Å². The number of hydrogen-bond acceptors (Lipinski definition) is 6. The fourth-order valence-corrected chi connectivity index (χ4v) is 5.04. The molecule has 4 nitrogen and oxygen atoms in total. The van der Waals surface area contributed by atoms with E-state index in [0.29, 0.717) is 11.2 Å². The molecule has 0 aliphatic heterocycles. The first-order chi connectivity index (χ1) is 12.7. The van der Waals surface area contributed by atoms with Crippen LogP contribution in [0.4, 0.5) is 5.69 Å². The van der Waals surface area contributed by atoms with Crippen LogP contribution in [0.15, 0.2) is 56.8 Å². The Morgan fingerprint density at radius 3 is 2.88 bits per heavy atom. The molecule has 26 heavy (non-hydrogen) atoms. The summed E-state index contributed by atoms with van der Waals surface area (Å²) < 4.78 is 0. The number of benzene rings is 1. The van der Waals surface area contributed by atoms with Crippen LogP contribution in [0.3, 0.4) is 0 Å². The number of hydrogen-bond donors (Lipinski definition) is 2. The number of nitrogens with zero attached hydrogens (tertiary/aromatic N) is 1. The molecule has 7 heteroatoms. The topological polar surface area (TPSA) is 57.8 Å². The molecular formula is C19H17N3OS3. The molecule has 0 unspecified atom stereocenters. The van der Waals surface area contributed by atoms with Crippen molar-refractivity contribution in [3.05, 3.63) is 63.3 Å². The van der Waals surface area contributed by atoms with Gasteiger partial charge in [-0.1, -0.05) is 12.1 Å². The van der Waals surface area contributed by atoms with E-state index in [2.05, 4.69) is 28.7 Å². The summed E-state index contributed by atoms with van der Waals surface area (Å²) in [6, 6.07) is 12.1. The first kappa shape index (κ1) is 17.3. The normalized spacial score (nSPS) is 12.4. The molecule has 0 bridgehead atoms. The van der Waals surface area contributed by atoms with Crippen LogP contribution in [-0.4, -0.2) is 16.2 Å². The Morgan fingerprint density at radius 2 is 2.12 bits per heavy atom. The number of nitrogens with one attached hydrogen (secondary N) is 2. The minimum Gasteiger partial charge on any atom is -0.375 e. The maximum atomic E-state index is 12.7. The van der Waals surface area contributed by atoms with Crippen LogP contribution in [0.2, 0.25) is 0 Å². The van der Waals surface area contributed by atoms with E-state index in [-0.39, 0.29) is 11.6 Å². The summed E-state index contributed by atoms with van der Waals surface area (Å²) in [6.07, 6.45) is 2.05. The molecule has 0 aliphatic rings. The monoisotopic (exact) mass is 399 g/mol. The van der Waals surface area contributed by atoms with E-state index in [0.717, 1.165) is 21.0 Å². The molecule has 0 saturated carbocycles. The number of aromatic nitrogens is 2. The number of aromatic amines is 1. The molecule has 0 radical (unpaired) electrons. The lowest BCUT2D eigenvalue weighted by molar-refractivity contribution is 0.792. The summed E-state index contributed by atoms with van der Waals surface area (Å²) in [5.41, 5.74) is 1.90. The first-order valence-electron chi connectivity index (χ1n) is 8.11. The lowest BCUT2D eigenvalue weighted by Gasteiger charge is -2.15. The standard InChI is InChI=1S/C19H17N3OS3/c1-11(20-12-5-3-6-13(9-12)24-2)17-21-18(23)16-14(10-26-19(16)22-17)15-7-4-8-25-15/h3-11,20H,1-2H3,(H,21,22,23)/t11-/m0/s1. The van der Waals surface area contributed by atoms with Gasteiger partial charge in [-0.3, -0.25) is 4.79 Å². The van der Waals surface area contributed by atoms with Crippen LogP contribution in [0.5, 0.6) is 0 Å². The van der Waals surface area contributed by atoms with Gasteiger partial charge in [0, 0.05) is 26.4 Å². The third-order valence-corrected chi connectivity index (χ3v) is 6.61. The molecule has 0 amide bonds. The average molecular weight is 400 g/mol. The molecule has 0 aliphatic carbocycles. The number of thioether (sulfide) groups is 1. The van der Waals surface area contributed by atoms with Crippen molar-refractivity contribution < 1.29 is 0 Å². The Bertz CT molecular complexity index is 1100. The van der Waals surface area contributed by atoms with Gasteiger partial charge in [-0.2, -0.15) is 0 Å². The molecule has 3 aromatic heterocycles. The third-order valence-electron chi connectivity index (χ3n) is 4.11. The van der Waals surface area contributed by atoms with Crippen LogP contribution < -0.4 is 10.9 Å². The zero-order valence-electron chi connectivity index (χ0n) is 14.3. The summed E-state index contributed by atoms with van der Waals surface area (Å²) >= 11 is 4.85. The zero-order valence-corrected chi connectivity index (χ0v) is 16.7. The van der Waals surface area contributed by atoms with E-state index in [4.69, 9.17) is 4.98 Å². The second-order valence-electron chi connectivity index (χ2n) is 5.86. The van der Waals surface area contributed by atoms with Crippen molar-refractivity contribution in [3.8, 4) is 10.4 Å². The Hall–Kier alpha value is -2.09. The first-order valence-corrected chi connectivity index (χ1v) is 11.1. The predicted octanol–water partition coefficient (Wildman–Crippen LogP) is 5.61. The Kier molecular flexibility index (Phi) is 4.84. The van der Waals surface area contributed by atoms with Crippen molar-refractivity contribution in [3.63, 3.8) is 0 Å². The minimum atomic E-state index is -0.100. The zero-order chi connectivity index (χ0) is 18.1. The van der Waals surface area contributed by atoms with E-state index in [1.807, 2.05) is 41.9 Å². The molecule has 4 aromatic rings. The van der Waals surface area contributed by atoms with E-state index in [1.165, 1.54) is 16.2 Å². The van der Waals surface area contributed by atoms with E-state index < -0.39 is 0 Å². The Balaban J connectivity index is 1.68. The highest BCUT2D eigenvalue weighted by atomic mass is 32.2. The van der Waals surface area contributed by atoms with Crippen LogP contribution in [-0.2, 0) is 0 Å². The number of fused-ring (bicyclic) bond motifs is 1. The molecule has 1 atom stereocenters. The summed E-state index contributed by atoms with van der Waals surface area (Å²) in [6.45, 7) is 2.00. The number of rotatable bonds is 5. The van der Waals surface area contributed by atoms with Gasteiger partial charge in [-0.25, -0.2) is 4.98 Å². The van der Waals surface area contributed by atoms with E-state index in [9.17, 15) is 4.79 Å².